The lowest BCUT2D eigenvalue weighted by atomic mass is 10.1. The van der Waals surface area contributed by atoms with Gasteiger partial charge in [-0.25, -0.2) is 4.79 Å². The van der Waals surface area contributed by atoms with Crippen molar-refractivity contribution in [3.8, 4) is 0 Å². The molecule has 0 aliphatic rings. The summed E-state index contributed by atoms with van der Waals surface area (Å²) in [5.74, 6) is -0.336. The number of alkyl carbamates (subject to hydrolysis) is 1. The van der Waals surface area contributed by atoms with E-state index in [0.717, 1.165) is 10.1 Å². The number of aromatic nitrogens is 3. The normalized spacial score (nSPS) is 12.6. The quantitative estimate of drug-likeness (QED) is 0.206. The molecule has 1 N–H and O–H groups in total. The average molecular weight is 628 g/mol. The van der Waals surface area contributed by atoms with Crippen LogP contribution in [0.3, 0.4) is 0 Å². The third-order valence-electron chi connectivity index (χ3n) is 6.94. The maximum Gasteiger partial charge on any atom is 0.437 e. The first-order chi connectivity index (χ1) is 21.2. The lowest BCUT2D eigenvalue weighted by Crippen LogP contribution is -2.41. The molecule has 2 aromatic carbocycles. The second-order valence-corrected chi connectivity index (χ2v) is 11.6. The van der Waals surface area contributed by atoms with Crippen molar-refractivity contribution in [3.05, 3.63) is 93.2 Å². The molecule has 0 bridgehead atoms. The minimum Gasteiger partial charge on any atom is -0.444 e. The summed E-state index contributed by atoms with van der Waals surface area (Å²) in [6.07, 6.45) is -5.00. The van der Waals surface area contributed by atoms with Gasteiger partial charge < -0.3 is 19.5 Å². The highest BCUT2D eigenvalue weighted by Crippen LogP contribution is 2.33. The molecular weight excluding hydrogens is 591 g/mol. The number of carbonyl (C=O) groups is 2. The number of nitrogens with zero attached hydrogens (tertiary/aromatic N) is 4. The van der Waals surface area contributed by atoms with Crippen molar-refractivity contribution >= 4 is 23.1 Å². The zero-order chi connectivity index (χ0) is 32.9. The Kier molecular flexibility index (Phi) is 9.99. The number of aryl methyl sites for hydroxylation is 1. The van der Waals surface area contributed by atoms with Gasteiger partial charge in [0.1, 0.15) is 16.8 Å². The summed E-state index contributed by atoms with van der Waals surface area (Å²) in [4.78, 5) is 45.9. The largest absolute Gasteiger partial charge is 0.444 e. The molecule has 1 unspecified atom stereocenters. The summed E-state index contributed by atoms with van der Waals surface area (Å²) in [6, 6.07) is 14.8. The maximum absolute atomic E-state index is 14.0. The summed E-state index contributed by atoms with van der Waals surface area (Å²) >= 11 is 0. The average Bonchev–Trinajstić information content (AvgIpc) is 3.41. The minimum atomic E-state index is -4.95. The van der Waals surface area contributed by atoms with E-state index in [-0.39, 0.29) is 37.8 Å². The molecule has 4 rings (SSSR count). The topological polar surface area (TPSA) is 120 Å². The first-order valence-corrected chi connectivity index (χ1v) is 14.5. The molecule has 0 spiro atoms. The molecule has 0 radical (unpaired) electrons. The third kappa shape index (κ3) is 8.08. The van der Waals surface area contributed by atoms with Gasteiger partial charge in [-0.15, -0.1) is 0 Å². The number of hydrogen-bond donors (Lipinski definition) is 1. The fraction of sp³-hybridized carbons (Fsp3) is 0.406. The van der Waals surface area contributed by atoms with Gasteiger partial charge in [-0.2, -0.15) is 18.2 Å². The Balaban J connectivity index is 1.79. The van der Waals surface area contributed by atoms with Gasteiger partial charge in [0.05, 0.1) is 12.6 Å². The number of ether oxygens (including phenoxy) is 1. The Morgan fingerprint density at radius 1 is 1.07 bits per heavy atom. The van der Waals surface area contributed by atoms with Gasteiger partial charge in [-0.05, 0) is 58.2 Å². The van der Waals surface area contributed by atoms with Crippen molar-refractivity contribution in [1.29, 1.82) is 0 Å². The molecular formula is C32H36F3N5O5. The number of benzene rings is 2. The summed E-state index contributed by atoms with van der Waals surface area (Å²) in [5, 5.41) is 5.02. The van der Waals surface area contributed by atoms with Gasteiger partial charge in [0, 0.05) is 18.7 Å². The van der Waals surface area contributed by atoms with Crippen LogP contribution in [0.4, 0.5) is 18.0 Å². The zero-order valence-electron chi connectivity index (χ0n) is 25.8. The maximum atomic E-state index is 14.0. The molecule has 2 heterocycles. The number of carbonyl (C=O) groups excluding carboxylic acids is 2. The first-order valence-electron chi connectivity index (χ1n) is 14.5. The van der Waals surface area contributed by atoms with Crippen LogP contribution >= 0.6 is 0 Å². The van der Waals surface area contributed by atoms with Crippen molar-refractivity contribution in [2.45, 2.75) is 71.8 Å². The lowest BCUT2D eigenvalue weighted by molar-refractivity contribution is -0.141. The van der Waals surface area contributed by atoms with Crippen molar-refractivity contribution in [2.75, 3.05) is 13.1 Å². The van der Waals surface area contributed by atoms with Crippen LogP contribution in [0.5, 0.6) is 0 Å². The second-order valence-electron chi connectivity index (χ2n) is 11.6. The van der Waals surface area contributed by atoms with E-state index < -0.39 is 46.3 Å². The van der Waals surface area contributed by atoms with Crippen LogP contribution in [0.2, 0.25) is 0 Å². The molecule has 0 saturated heterocycles. The Hall–Kier alpha value is -4.68. The second kappa shape index (κ2) is 13.5. The lowest BCUT2D eigenvalue weighted by Gasteiger charge is -2.32. The van der Waals surface area contributed by atoms with Gasteiger partial charge in [-0.3, -0.25) is 14.2 Å². The van der Waals surface area contributed by atoms with Gasteiger partial charge in [0.2, 0.25) is 5.69 Å². The van der Waals surface area contributed by atoms with Crippen molar-refractivity contribution in [1.82, 2.24) is 24.9 Å². The molecule has 1 atom stereocenters. The van der Waals surface area contributed by atoms with E-state index in [1.54, 1.807) is 82.3 Å². The third-order valence-corrected chi connectivity index (χ3v) is 6.94. The van der Waals surface area contributed by atoms with Crippen LogP contribution in [-0.2, 0) is 17.5 Å². The molecule has 240 valence electrons. The van der Waals surface area contributed by atoms with E-state index in [9.17, 15) is 27.6 Å². The molecule has 4 aromatic rings. The van der Waals surface area contributed by atoms with E-state index in [0.29, 0.717) is 17.5 Å². The predicted octanol–water partition coefficient (Wildman–Crippen LogP) is 6.27. The first kappa shape index (κ1) is 33.2. The van der Waals surface area contributed by atoms with Gasteiger partial charge in [-0.1, -0.05) is 60.1 Å². The zero-order valence-corrected chi connectivity index (χ0v) is 25.8. The summed E-state index contributed by atoms with van der Waals surface area (Å²) < 4.78 is 52.8. The molecule has 2 amide bonds. The molecule has 45 heavy (non-hydrogen) atoms. The molecule has 10 nitrogen and oxygen atoms in total. The van der Waals surface area contributed by atoms with Crippen molar-refractivity contribution < 1.29 is 32.0 Å². The Bertz CT molecular complexity index is 1690. The number of nitrogens with one attached hydrogen (secondary N) is 1. The molecule has 0 saturated carbocycles. The number of rotatable bonds is 10. The predicted molar refractivity (Wildman–Crippen MR) is 161 cm³/mol. The SMILES string of the molecule is CCC(c1nc2onc(C(F)(F)F)c2c(=O)n1Cc1ccccc1)N(CCCNC(=O)OC(C)(C)C)C(=O)c1ccc(C)cc1. The Morgan fingerprint density at radius 2 is 1.73 bits per heavy atom. The van der Waals surface area contributed by atoms with E-state index in [1.165, 1.54) is 4.90 Å². The smallest absolute Gasteiger partial charge is 0.437 e. The minimum absolute atomic E-state index is 0.0456. The fourth-order valence-electron chi connectivity index (χ4n) is 4.88. The molecule has 0 aliphatic carbocycles. The van der Waals surface area contributed by atoms with Crippen LogP contribution in [-0.4, -0.2) is 50.3 Å². The number of fused-ring (bicyclic) bond motifs is 1. The van der Waals surface area contributed by atoms with Gasteiger partial charge in [0.15, 0.2) is 0 Å². The number of hydrogen-bond acceptors (Lipinski definition) is 7. The van der Waals surface area contributed by atoms with Crippen LogP contribution in [0.1, 0.15) is 79.6 Å². The summed E-state index contributed by atoms with van der Waals surface area (Å²) in [6.45, 7) is 9.07. The van der Waals surface area contributed by atoms with Crippen molar-refractivity contribution in [2.24, 2.45) is 0 Å². The molecule has 0 fully saturated rings. The van der Waals surface area contributed by atoms with Crippen LogP contribution in [0.15, 0.2) is 63.9 Å². The Labute approximate surface area is 258 Å². The standard InChI is InChI=1S/C32H36F3N5O5/c1-6-23(39(28(41)22-15-13-20(2)14-16-22)18-10-17-36-30(43)44-31(3,4)5)26-37-27-24(25(38-45-27)32(33,34)35)29(42)40(26)19-21-11-8-7-9-12-21/h7-9,11-16,23H,6,10,17-19H2,1-5H3,(H,36,43). The van der Waals surface area contributed by atoms with Gasteiger partial charge >= 0.3 is 12.3 Å². The van der Waals surface area contributed by atoms with E-state index in [1.807, 2.05) is 6.92 Å². The van der Waals surface area contributed by atoms with Crippen LogP contribution < -0.4 is 10.9 Å². The number of halogens is 3. The molecule has 0 aliphatic heterocycles. The highest BCUT2D eigenvalue weighted by molar-refractivity contribution is 5.94. The van der Waals surface area contributed by atoms with E-state index in [2.05, 4.69) is 15.5 Å². The number of amides is 2. The highest BCUT2D eigenvalue weighted by Gasteiger charge is 2.40. The van der Waals surface area contributed by atoms with Gasteiger partial charge in [0.25, 0.3) is 17.2 Å². The Morgan fingerprint density at radius 3 is 2.33 bits per heavy atom. The fourth-order valence-corrected chi connectivity index (χ4v) is 4.88. The summed E-state index contributed by atoms with van der Waals surface area (Å²) in [5.41, 5.74) is -1.75. The molecule has 2 aromatic heterocycles. The molecule has 13 heteroatoms. The van der Waals surface area contributed by atoms with E-state index >= 15 is 0 Å². The van der Waals surface area contributed by atoms with Crippen LogP contribution in [0, 0.1) is 6.92 Å². The van der Waals surface area contributed by atoms with Crippen LogP contribution in [0.25, 0.3) is 11.1 Å². The van der Waals surface area contributed by atoms with E-state index in [4.69, 9.17) is 9.26 Å². The van der Waals surface area contributed by atoms with Crippen molar-refractivity contribution in [3.63, 3.8) is 0 Å². The monoisotopic (exact) mass is 627 g/mol. The number of alkyl halides is 3. The highest BCUT2D eigenvalue weighted by atomic mass is 19.4. The summed E-state index contributed by atoms with van der Waals surface area (Å²) in [7, 11) is 0.